The van der Waals surface area contributed by atoms with Crippen LogP contribution in [-0.2, 0) is 19.5 Å². The summed E-state index contributed by atoms with van der Waals surface area (Å²) >= 11 is 3.66. The smallest absolute Gasteiger partial charge is 0.128 e. The normalized spacial score (nSPS) is 16.1. The molecule has 5 heteroatoms. The lowest BCUT2D eigenvalue weighted by Crippen LogP contribution is -2.33. The number of hydrogen-bond acceptors (Lipinski definition) is 3. The van der Waals surface area contributed by atoms with E-state index in [1.807, 2.05) is 19.3 Å². The second-order valence-corrected chi connectivity index (χ2v) is 6.27. The molecule has 0 radical (unpaired) electrons. The van der Waals surface area contributed by atoms with Crippen molar-refractivity contribution in [2.75, 3.05) is 11.4 Å². The molecule has 4 nitrogen and oxygen atoms in total. The van der Waals surface area contributed by atoms with Crippen LogP contribution in [0.5, 0.6) is 0 Å². The average Bonchev–Trinajstić information content (AvgIpc) is 2.87. The minimum atomic E-state index is 0.180. The van der Waals surface area contributed by atoms with Crippen LogP contribution in [-0.4, -0.2) is 22.1 Å². The number of fused-ring (bicyclic) bond motifs is 1. The fourth-order valence-corrected chi connectivity index (χ4v) is 3.17. The SMILES string of the molecule is CC(N)Cc1ccc(N2CCn3ccnc3C2)cc1Br. The lowest BCUT2D eigenvalue weighted by Gasteiger charge is -2.30. The molecule has 1 aromatic carbocycles. The van der Waals surface area contributed by atoms with E-state index in [0.29, 0.717) is 0 Å². The molecule has 1 aliphatic rings. The topological polar surface area (TPSA) is 47.1 Å². The summed E-state index contributed by atoms with van der Waals surface area (Å²) in [5.74, 6) is 1.13. The van der Waals surface area contributed by atoms with Crippen LogP contribution in [0.2, 0.25) is 0 Å². The van der Waals surface area contributed by atoms with Crippen molar-refractivity contribution in [3.05, 3.63) is 46.5 Å². The van der Waals surface area contributed by atoms with Crippen LogP contribution in [0.15, 0.2) is 35.1 Å². The largest absolute Gasteiger partial charge is 0.362 e. The van der Waals surface area contributed by atoms with Gasteiger partial charge >= 0.3 is 0 Å². The third-order valence-electron chi connectivity index (χ3n) is 3.69. The van der Waals surface area contributed by atoms with Crippen molar-refractivity contribution in [1.29, 1.82) is 0 Å². The first kappa shape index (κ1) is 13.6. The second kappa shape index (κ2) is 5.58. The Hall–Kier alpha value is -1.33. The van der Waals surface area contributed by atoms with Crippen molar-refractivity contribution >= 4 is 21.6 Å². The Balaban J connectivity index is 1.80. The van der Waals surface area contributed by atoms with Crippen molar-refractivity contribution in [1.82, 2.24) is 9.55 Å². The van der Waals surface area contributed by atoms with Gasteiger partial charge in [0, 0.05) is 41.7 Å². The molecule has 1 aromatic heterocycles. The number of imidazole rings is 1. The molecule has 2 aromatic rings. The maximum atomic E-state index is 5.87. The second-order valence-electron chi connectivity index (χ2n) is 5.42. The molecule has 106 valence electrons. The van der Waals surface area contributed by atoms with Gasteiger partial charge in [-0.3, -0.25) is 0 Å². The van der Waals surface area contributed by atoms with E-state index in [9.17, 15) is 0 Å². The van der Waals surface area contributed by atoms with E-state index in [1.54, 1.807) is 0 Å². The zero-order valence-corrected chi connectivity index (χ0v) is 13.2. The van der Waals surface area contributed by atoms with Crippen molar-refractivity contribution in [2.45, 2.75) is 32.5 Å². The predicted molar refractivity (Wildman–Crippen MR) is 84.8 cm³/mol. The minimum absolute atomic E-state index is 0.180. The molecule has 0 saturated heterocycles. The summed E-state index contributed by atoms with van der Waals surface area (Å²) in [4.78, 5) is 6.77. The van der Waals surface area contributed by atoms with Gasteiger partial charge in [-0.2, -0.15) is 0 Å². The molecule has 2 N–H and O–H groups in total. The number of rotatable bonds is 3. The molecule has 1 atom stereocenters. The standard InChI is InChI=1S/C15H19BrN4/c1-11(17)8-12-2-3-13(9-14(12)16)20-7-6-19-5-4-18-15(19)10-20/h2-5,9,11H,6-8,10,17H2,1H3. The van der Waals surface area contributed by atoms with Crippen LogP contribution >= 0.6 is 15.9 Å². The summed E-state index contributed by atoms with van der Waals surface area (Å²) in [6.07, 6.45) is 4.82. The van der Waals surface area contributed by atoms with Gasteiger partial charge in [-0.05, 0) is 31.0 Å². The molecule has 0 aliphatic carbocycles. The molecular formula is C15H19BrN4. The fourth-order valence-electron chi connectivity index (χ4n) is 2.64. The molecule has 0 spiro atoms. The van der Waals surface area contributed by atoms with E-state index in [0.717, 1.165) is 36.4 Å². The van der Waals surface area contributed by atoms with E-state index in [2.05, 4.69) is 48.6 Å². The van der Waals surface area contributed by atoms with Crippen LogP contribution in [0.3, 0.4) is 0 Å². The number of benzene rings is 1. The van der Waals surface area contributed by atoms with Gasteiger partial charge in [-0.15, -0.1) is 0 Å². The molecule has 0 amide bonds. The molecule has 1 unspecified atom stereocenters. The van der Waals surface area contributed by atoms with Gasteiger partial charge in [0.2, 0.25) is 0 Å². The van der Waals surface area contributed by atoms with Gasteiger partial charge in [0.15, 0.2) is 0 Å². The van der Waals surface area contributed by atoms with Crippen molar-refractivity contribution in [3.63, 3.8) is 0 Å². The van der Waals surface area contributed by atoms with Gasteiger partial charge in [0.1, 0.15) is 5.82 Å². The maximum Gasteiger partial charge on any atom is 0.128 e. The van der Waals surface area contributed by atoms with E-state index >= 15 is 0 Å². The van der Waals surface area contributed by atoms with Gasteiger partial charge in [-0.1, -0.05) is 22.0 Å². The van der Waals surface area contributed by atoms with Gasteiger partial charge in [0.25, 0.3) is 0 Å². The summed E-state index contributed by atoms with van der Waals surface area (Å²) in [5, 5.41) is 0. The first-order valence-corrected chi connectivity index (χ1v) is 7.72. The molecular weight excluding hydrogens is 316 g/mol. The Bertz CT molecular complexity index is 606. The monoisotopic (exact) mass is 334 g/mol. The van der Waals surface area contributed by atoms with Crippen LogP contribution < -0.4 is 10.6 Å². The highest BCUT2D eigenvalue weighted by Crippen LogP contribution is 2.27. The Morgan fingerprint density at radius 2 is 2.25 bits per heavy atom. The molecule has 3 rings (SSSR count). The summed E-state index contributed by atoms with van der Waals surface area (Å²) in [6, 6.07) is 6.72. The van der Waals surface area contributed by atoms with Crippen LogP contribution in [0.4, 0.5) is 5.69 Å². The minimum Gasteiger partial charge on any atom is -0.362 e. The Labute approximate surface area is 127 Å². The van der Waals surface area contributed by atoms with Crippen molar-refractivity contribution in [3.8, 4) is 0 Å². The van der Waals surface area contributed by atoms with Gasteiger partial charge in [-0.25, -0.2) is 4.98 Å². The Morgan fingerprint density at radius 1 is 1.40 bits per heavy atom. The highest BCUT2D eigenvalue weighted by atomic mass is 79.9. The van der Waals surface area contributed by atoms with Crippen LogP contribution in [0, 0.1) is 0 Å². The van der Waals surface area contributed by atoms with Crippen molar-refractivity contribution in [2.24, 2.45) is 5.73 Å². The average molecular weight is 335 g/mol. The zero-order valence-electron chi connectivity index (χ0n) is 11.6. The summed E-state index contributed by atoms with van der Waals surface area (Å²) < 4.78 is 3.36. The highest BCUT2D eigenvalue weighted by molar-refractivity contribution is 9.10. The first-order valence-electron chi connectivity index (χ1n) is 6.92. The molecule has 0 bridgehead atoms. The Kier molecular flexibility index (Phi) is 3.81. The highest BCUT2D eigenvalue weighted by Gasteiger charge is 2.17. The fraction of sp³-hybridized carbons (Fsp3) is 0.400. The molecule has 20 heavy (non-hydrogen) atoms. The number of hydrogen-bond donors (Lipinski definition) is 1. The van der Waals surface area contributed by atoms with Gasteiger partial charge in [0.05, 0.1) is 6.54 Å². The molecule has 2 heterocycles. The summed E-state index contributed by atoms with van der Waals surface area (Å²) in [5.41, 5.74) is 8.37. The molecule has 1 aliphatic heterocycles. The molecule has 0 saturated carbocycles. The van der Waals surface area contributed by atoms with Crippen molar-refractivity contribution < 1.29 is 0 Å². The van der Waals surface area contributed by atoms with E-state index in [1.165, 1.54) is 11.3 Å². The van der Waals surface area contributed by atoms with E-state index < -0.39 is 0 Å². The predicted octanol–water partition coefficient (Wildman–Crippen LogP) is 2.56. The number of nitrogens with two attached hydrogens (primary N) is 1. The first-order chi connectivity index (χ1) is 9.63. The van der Waals surface area contributed by atoms with Crippen LogP contribution in [0.1, 0.15) is 18.3 Å². The lowest BCUT2D eigenvalue weighted by molar-refractivity contribution is 0.560. The zero-order chi connectivity index (χ0) is 14.1. The number of anilines is 1. The van der Waals surface area contributed by atoms with Crippen LogP contribution in [0.25, 0.3) is 0 Å². The number of halogens is 1. The Morgan fingerprint density at radius 3 is 3.00 bits per heavy atom. The third kappa shape index (κ3) is 2.74. The number of nitrogens with zero attached hydrogens (tertiary/aromatic N) is 3. The third-order valence-corrected chi connectivity index (χ3v) is 4.43. The summed E-state index contributed by atoms with van der Waals surface area (Å²) in [7, 11) is 0. The quantitative estimate of drug-likeness (QED) is 0.938. The van der Waals surface area contributed by atoms with Gasteiger partial charge < -0.3 is 15.2 Å². The van der Waals surface area contributed by atoms with E-state index in [-0.39, 0.29) is 6.04 Å². The number of aromatic nitrogens is 2. The molecule has 0 fully saturated rings. The summed E-state index contributed by atoms with van der Waals surface area (Å²) in [6.45, 7) is 4.91. The maximum absolute atomic E-state index is 5.87. The lowest BCUT2D eigenvalue weighted by atomic mass is 10.1. The van der Waals surface area contributed by atoms with E-state index in [4.69, 9.17) is 5.73 Å².